The zero-order valence-electron chi connectivity index (χ0n) is 13.1. The highest BCUT2D eigenvalue weighted by molar-refractivity contribution is 8.00. The van der Waals surface area contributed by atoms with Gasteiger partial charge in [-0.1, -0.05) is 6.42 Å². The average molecular weight is 348 g/mol. The van der Waals surface area contributed by atoms with Crippen molar-refractivity contribution in [1.29, 1.82) is 0 Å². The second-order valence-corrected chi connectivity index (χ2v) is 9.23. The van der Waals surface area contributed by atoms with E-state index in [4.69, 9.17) is 0 Å². The molecule has 3 heterocycles. The van der Waals surface area contributed by atoms with Crippen LogP contribution in [0.1, 0.15) is 39.0 Å². The zero-order chi connectivity index (χ0) is 15.7. The minimum Gasteiger partial charge on any atom is -0.341 e. The Kier molecular flexibility index (Phi) is 5.01. The van der Waals surface area contributed by atoms with Gasteiger partial charge >= 0.3 is 0 Å². The monoisotopic (exact) mass is 347 g/mol. The lowest BCUT2D eigenvalue weighted by atomic mass is 10.1. The van der Waals surface area contributed by atoms with Crippen molar-refractivity contribution < 1.29 is 13.2 Å². The summed E-state index contributed by atoms with van der Waals surface area (Å²) >= 11 is 1.54. The highest BCUT2D eigenvalue weighted by Gasteiger charge is 2.45. The predicted molar refractivity (Wildman–Crippen MR) is 87.7 cm³/mol. The van der Waals surface area contributed by atoms with Gasteiger partial charge in [0.1, 0.15) is 6.04 Å². The predicted octanol–water partition coefficient (Wildman–Crippen LogP) is 1.10. The van der Waals surface area contributed by atoms with Gasteiger partial charge in [0, 0.05) is 31.4 Å². The molecule has 3 fully saturated rings. The number of amides is 1. The number of carbonyl (C=O) groups excluding carboxylic acids is 1. The minimum atomic E-state index is -3.54. The Hall–Kier alpha value is -0.310. The molecule has 0 N–H and O–H groups in total. The fraction of sp³-hybridized carbons (Fsp3) is 0.929. The standard InChI is InChI=1S/C14H25N3O3S2/c1-12-6-2-3-9-16(12)22(19,20)17-11-21-10-13(17)14(18)15-7-4-5-8-15/h12-13H,2-11H2,1H3. The summed E-state index contributed by atoms with van der Waals surface area (Å²) in [7, 11) is -3.54. The van der Waals surface area contributed by atoms with Crippen LogP contribution in [0.2, 0.25) is 0 Å². The second-order valence-electron chi connectivity index (χ2n) is 6.40. The summed E-state index contributed by atoms with van der Waals surface area (Å²) in [4.78, 5) is 14.5. The van der Waals surface area contributed by atoms with Crippen molar-refractivity contribution in [3.8, 4) is 0 Å². The first kappa shape index (κ1) is 16.5. The molecule has 2 atom stereocenters. The van der Waals surface area contributed by atoms with Crippen LogP contribution in [-0.2, 0) is 15.0 Å². The van der Waals surface area contributed by atoms with Gasteiger partial charge in [0.2, 0.25) is 5.91 Å². The van der Waals surface area contributed by atoms with E-state index in [9.17, 15) is 13.2 Å². The Morgan fingerprint density at radius 1 is 1.05 bits per heavy atom. The van der Waals surface area contributed by atoms with E-state index in [1.54, 1.807) is 16.1 Å². The van der Waals surface area contributed by atoms with Crippen LogP contribution in [0.25, 0.3) is 0 Å². The summed E-state index contributed by atoms with van der Waals surface area (Å²) in [6.07, 6.45) is 4.96. The van der Waals surface area contributed by atoms with Crippen LogP contribution in [-0.4, -0.2) is 71.2 Å². The molecule has 0 spiro atoms. The van der Waals surface area contributed by atoms with E-state index in [2.05, 4.69) is 0 Å². The Morgan fingerprint density at radius 3 is 2.41 bits per heavy atom. The van der Waals surface area contributed by atoms with Crippen molar-refractivity contribution in [2.75, 3.05) is 31.3 Å². The van der Waals surface area contributed by atoms with Crippen LogP contribution in [0, 0.1) is 0 Å². The molecular formula is C14H25N3O3S2. The molecule has 0 aromatic rings. The van der Waals surface area contributed by atoms with Gasteiger partial charge in [0.25, 0.3) is 10.2 Å². The van der Waals surface area contributed by atoms with Gasteiger partial charge in [-0.3, -0.25) is 4.79 Å². The smallest absolute Gasteiger partial charge is 0.283 e. The summed E-state index contributed by atoms with van der Waals surface area (Å²) in [6, 6.07) is -0.478. The fourth-order valence-corrected chi connectivity index (χ4v) is 7.08. The third kappa shape index (κ3) is 3.02. The summed E-state index contributed by atoms with van der Waals surface area (Å²) in [5, 5.41) is 0. The lowest BCUT2D eigenvalue weighted by molar-refractivity contribution is -0.133. The molecule has 0 aliphatic carbocycles. The molecule has 2 unspecified atom stereocenters. The van der Waals surface area contributed by atoms with Crippen LogP contribution in [0.5, 0.6) is 0 Å². The minimum absolute atomic E-state index is 0.00395. The summed E-state index contributed by atoms with van der Waals surface area (Å²) in [6.45, 7) is 4.09. The average Bonchev–Trinajstić information content (AvgIpc) is 3.18. The topological polar surface area (TPSA) is 60.9 Å². The molecule has 3 aliphatic rings. The molecule has 126 valence electrons. The van der Waals surface area contributed by atoms with Gasteiger partial charge in [-0.2, -0.15) is 17.0 Å². The normalized spacial score (nSPS) is 31.8. The SMILES string of the molecule is CC1CCCCN1S(=O)(=O)N1CSCC1C(=O)N1CCCC1. The van der Waals surface area contributed by atoms with E-state index in [-0.39, 0.29) is 11.9 Å². The Bertz CT molecular complexity index is 519. The first-order valence-electron chi connectivity index (χ1n) is 8.17. The van der Waals surface area contributed by atoms with Crippen LogP contribution in [0.15, 0.2) is 0 Å². The van der Waals surface area contributed by atoms with Crippen LogP contribution < -0.4 is 0 Å². The van der Waals surface area contributed by atoms with Crippen molar-refractivity contribution in [3.05, 3.63) is 0 Å². The van der Waals surface area contributed by atoms with Gasteiger partial charge in [0.05, 0.1) is 5.88 Å². The van der Waals surface area contributed by atoms with Gasteiger partial charge < -0.3 is 4.90 Å². The molecule has 0 saturated carbocycles. The maximum Gasteiger partial charge on any atom is 0.283 e. The number of thioether (sulfide) groups is 1. The number of hydrogen-bond donors (Lipinski definition) is 0. The molecule has 6 nitrogen and oxygen atoms in total. The largest absolute Gasteiger partial charge is 0.341 e. The molecule has 22 heavy (non-hydrogen) atoms. The first-order valence-corrected chi connectivity index (χ1v) is 10.7. The van der Waals surface area contributed by atoms with Gasteiger partial charge in [-0.15, -0.1) is 11.8 Å². The molecule has 8 heteroatoms. The van der Waals surface area contributed by atoms with Gasteiger partial charge in [-0.25, -0.2) is 0 Å². The molecule has 0 aromatic heterocycles. The Labute approximate surface area is 137 Å². The van der Waals surface area contributed by atoms with E-state index in [1.807, 2.05) is 11.8 Å². The van der Waals surface area contributed by atoms with Crippen molar-refractivity contribution in [2.24, 2.45) is 0 Å². The Balaban J connectivity index is 1.77. The maximum atomic E-state index is 13.0. The molecule has 0 aromatic carbocycles. The number of hydrogen-bond acceptors (Lipinski definition) is 4. The van der Waals surface area contributed by atoms with Crippen LogP contribution in [0.4, 0.5) is 0 Å². The van der Waals surface area contributed by atoms with E-state index < -0.39 is 16.3 Å². The quantitative estimate of drug-likeness (QED) is 0.767. The molecule has 0 radical (unpaired) electrons. The molecule has 3 rings (SSSR count). The number of likely N-dealkylation sites (tertiary alicyclic amines) is 1. The van der Waals surface area contributed by atoms with Crippen molar-refractivity contribution in [2.45, 2.75) is 51.1 Å². The number of nitrogens with zero attached hydrogens (tertiary/aromatic N) is 3. The summed E-state index contributed by atoms with van der Waals surface area (Å²) in [5.74, 6) is 0.975. The van der Waals surface area contributed by atoms with Gasteiger partial charge in [-0.05, 0) is 32.6 Å². The molecule has 3 aliphatic heterocycles. The van der Waals surface area contributed by atoms with Gasteiger partial charge in [0.15, 0.2) is 0 Å². The molecule has 0 bridgehead atoms. The maximum absolute atomic E-state index is 13.0. The van der Waals surface area contributed by atoms with E-state index in [0.29, 0.717) is 18.2 Å². The molecular weight excluding hydrogens is 322 g/mol. The van der Waals surface area contributed by atoms with E-state index >= 15 is 0 Å². The zero-order valence-corrected chi connectivity index (χ0v) is 14.7. The van der Waals surface area contributed by atoms with Crippen LogP contribution in [0.3, 0.4) is 0 Å². The van der Waals surface area contributed by atoms with E-state index in [0.717, 1.165) is 45.2 Å². The van der Waals surface area contributed by atoms with Crippen LogP contribution >= 0.6 is 11.8 Å². The third-order valence-electron chi connectivity index (χ3n) is 4.88. The summed E-state index contributed by atoms with van der Waals surface area (Å²) in [5.41, 5.74) is 0. The molecule has 3 saturated heterocycles. The lowest BCUT2D eigenvalue weighted by Gasteiger charge is -2.36. The third-order valence-corrected chi connectivity index (χ3v) is 8.17. The summed E-state index contributed by atoms with van der Waals surface area (Å²) < 4.78 is 29.0. The Morgan fingerprint density at radius 2 is 1.73 bits per heavy atom. The number of carbonyl (C=O) groups is 1. The highest BCUT2D eigenvalue weighted by Crippen LogP contribution is 2.31. The van der Waals surface area contributed by atoms with Crippen molar-refractivity contribution in [1.82, 2.24) is 13.5 Å². The van der Waals surface area contributed by atoms with E-state index in [1.165, 1.54) is 4.31 Å². The highest BCUT2D eigenvalue weighted by atomic mass is 32.2. The number of piperidine rings is 1. The van der Waals surface area contributed by atoms with Crippen molar-refractivity contribution >= 4 is 27.9 Å². The van der Waals surface area contributed by atoms with Crippen molar-refractivity contribution in [3.63, 3.8) is 0 Å². The second kappa shape index (κ2) is 6.67. The lowest BCUT2D eigenvalue weighted by Crippen LogP contribution is -2.55. The first-order chi connectivity index (χ1) is 10.5. The number of rotatable bonds is 3. The fourth-order valence-electron chi connectivity index (χ4n) is 3.55. The molecule has 1 amide bonds.